The minimum atomic E-state index is -4.64. The van der Waals surface area contributed by atoms with E-state index in [1.807, 2.05) is 0 Å². The van der Waals surface area contributed by atoms with E-state index in [-0.39, 0.29) is 94.8 Å². The average Bonchev–Trinajstić information content (AvgIpc) is 0.722. The molecular weight excluding hydrogens is 178 g/mol. The zero-order chi connectivity index (χ0) is 4.50. The molecule has 0 aliphatic rings. The van der Waals surface area contributed by atoms with E-state index in [0.717, 1.165) is 0 Å². The topological polar surface area (TPSA) is 113 Å². The van der Waals surface area contributed by atoms with Crippen LogP contribution in [0.15, 0.2) is 0 Å². The summed E-state index contributed by atoms with van der Waals surface area (Å²) in [4.78, 5) is 21.6. The predicted molar refractivity (Wildman–Crippen MR) is 40.7 cm³/mol. The van der Waals surface area contributed by atoms with Crippen molar-refractivity contribution in [2.24, 2.45) is 0 Å². The number of rotatable bonds is 0. The molecule has 0 aromatic rings. The molecule has 0 aliphatic heterocycles. The summed E-state index contributed by atoms with van der Waals surface area (Å²) in [5, 5.41) is 0. The van der Waals surface area contributed by atoms with Gasteiger partial charge in [0.15, 0.2) is 0 Å². The zero-order valence-electron chi connectivity index (χ0n) is 2.90. The Kier molecular flexibility index (Phi) is 44.9. The number of phosphoric acid groups is 1. The normalized spacial score (nSPS) is 6.56. The van der Waals surface area contributed by atoms with Crippen LogP contribution in [0, 0.1) is 0 Å². The second-order valence-corrected chi connectivity index (χ2v) is 1.54. The molecule has 0 saturated carbocycles. The van der Waals surface area contributed by atoms with E-state index in [2.05, 4.69) is 0 Å². The van der Waals surface area contributed by atoms with Gasteiger partial charge in [-0.05, 0) is 0 Å². The van der Waals surface area contributed by atoms with Gasteiger partial charge in [0.05, 0.1) is 0 Å². The van der Waals surface area contributed by atoms with Crippen LogP contribution in [-0.2, 0) is 4.57 Å². The van der Waals surface area contributed by atoms with Crippen LogP contribution < -0.4 is 6.15 Å². The van der Waals surface area contributed by atoms with Gasteiger partial charge in [-0.1, -0.05) is 0 Å². The van der Waals surface area contributed by atoms with Crippen LogP contribution in [0.25, 0.3) is 0 Å². The van der Waals surface area contributed by atoms with Gasteiger partial charge in [0, 0.05) is 0 Å². The second kappa shape index (κ2) is 13.6. The zero-order valence-corrected chi connectivity index (χ0v) is 3.80. The maximum absolute atomic E-state index is 8.88. The summed E-state index contributed by atoms with van der Waals surface area (Å²) >= 11 is 0. The van der Waals surface area contributed by atoms with Crippen LogP contribution in [0.1, 0.15) is 0 Å². The fourth-order valence-corrected chi connectivity index (χ4v) is 0. The van der Waals surface area contributed by atoms with Crippen molar-refractivity contribution in [3.63, 3.8) is 0 Å². The predicted octanol–water partition coefficient (Wildman–Crippen LogP) is -2.71. The van der Waals surface area contributed by atoms with Gasteiger partial charge in [-0.2, -0.15) is 0 Å². The summed E-state index contributed by atoms with van der Waals surface area (Å²) in [6.07, 6.45) is 0. The fourth-order valence-electron chi connectivity index (χ4n) is 0. The van der Waals surface area contributed by atoms with Gasteiger partial charge in [0.25, 0.3) is 0 Å². The summed E-state index contributed by atoms with van der Waals surface area (Å²) in [6.45, 7) is 0. The third kappa shape index (κ3) is 96.6. The Morgan fingerprint density at radius 3 is 0.889 bits per heavy atom. The van der Waals surface area contributed by atoms with Crippen LogP contribution in [0.3, 0.4) is 0 Å². The van der Waals surface area contributed by atoms with Crippen LogP contribution in [0.4, 0.5) is 0 Å². The molecule has 6 N–H and O–H groups in total. The molecule has 0 spiro atoms. The van der Waals surface area contributed by atoms with E-state index in [9.17, 15) is 0 Å². The van der Waals surface area contributed by atoms with E-state index in [4.69, 9.17) is 19.2 Å². The minimum absolute atomic E-state index is 0. The van der Waals surface area contributed by atoms with Crippen molar-refractivity contribution in [3.8, 4) is 0 Å². The number of hydrogen-bond acceptors (Lipinski definition) is 2. The molecule has 5 nitrogen and oxygen atoms in total. The first kappa shape index (κ1) is 29.6. The van der Waals surface area contributed by atoms with Crippen molar-refractivity contribution >= 4 is 96.5 Å². The number of hydrogen-bond donors (Lipinski definition) is 4. The molecule has 0 heterocycles. The van der Waals surface area contributed by atoms with Gasteiger partial charge in [-0.15, -0.1) is 0 Å². The Balaban J connectivity index is -0.0000000133. The van der Waals surface area contributed by atoms with Crippen molar-refractivity contribution in [2.45, 2.75) is 0 Å². The summed E-state index contributed by atoms with van der Waals surface area (Å²) in [5.41, 5.74) is 0. The monoisotopic (exact) mass is 187 g/mol. The SMILES string of the molecule is N.O=P(O)(O)O.[NaH].[NaH].[NaH]. The molecule has 0 aromatic carbocycles. The Bertz CT molecular complexity index is 61.9. The fraction of sp³-hybridized carbons (Fsp3) is 0. The molecule has 46 valence electrons. The van der Waals surface area contributed by atoms with Crippen LogP contribution >= 0.6 is 7.82 Å². The summed E-state index contributed by atoms with van der Waals surface area (Å²) < 4.78 is 8.88. The van der Waals surface area contributed by atoms with E-state index in [1.54, 1.807) is 0 Å². The molecule has 9 heavy (non-hydrogen) atoms. The maximum atomic E-state index is 8.88. The molecule has 0 saturated heterocycles. The molecule has 0 aromatic heterocycles. The van der Waals surface area contributed by atoms with Gasteiger partial charge >= 0.3 is 96.5 Å². The van der Waals surface area contributed by atoms with E-state index >= 15 is 0 Å². The molecule has 0 atom stereocenters. The molecular formula is H9NNa3O4P. The molecule has 0 rings (SSSR count). The van der Waals surface area contributed by atoms with E-state index in [0.29, 0.717) is 0 Å². The van der Waals surface area contributed by atoms with Crippen LogP contribution in [0.5, 0.6) is 0 Å². The van der Waals surface area contributed by atoms with Gasteiger partial charge in [0.1, 0.15) is 0 Å². The first-order chi connectivity index (χ1) is 2.00. The molecule has 9 heteroatoms. The molecule has 0 fully saturated rings. The van der Waals surface area contributed by atoms with Crippen molar-refractivity contribution in [3.05, 3.63) is 0 Å². The standard InChI is InChI=1S/H3N.3Na.H3O4P.3H/c;;;;1-5(2,3)4;;;/h1H3;;;;(H3,1,2,3,4);;;. The average molecular weight is 187 g/mol. The van der Waals surface area contributed by atoms with E-state index < -0.39 is 7.82 Å². The first-order valence-electron chi connectivity index (χ1n) is 0.783. The van der Waals surface area contributed by atoms with Crippen molar-refractivity contribution in [2.75, 3.05) is 0 Å². The summed E-state index contributed by atoms with van der Waals surface area (Å²) in [5.74, 6) is 0. The van der Waals surface area contributed by atoms with Gasteiger partial charge in [-0.3, -0.25) is 0 Å². The molecule has 0 bridgehead atoms. The van der Waals surface area contributed by atoms with Gasteiger partial charge in [0.2, 0.25) is 0 Å². The summed E-state index contributed by atoms with van der Waals surface area (Å²) in [7, 11) is -4.64. The van der Waals surface area contributed by atoms with Crippen molar-refractivity contribution < 1.29 is 19.2 Å². The Labute approximate surface area is 120 Å². The van der Waals surface area contributed by atoms with Gasteiger partial charge in [-0.25, -0.2) is 4.57 Å². The van der Waals surface area contributed by atoms with Crippen molar-refractivity contribution in [1.29, 1.82) is 0 Å². The Hall–Kier alpha value is 3.07. The second-order valence-electron chi connectivity index (χ2n) is 0.513. The Morgan fingerprint density at radius 2 is 0.889 bits per heavy atom. The molecule has 0 aliphatic carbocycles. The molecule has 0 amide bonds. The quantitative estimate of drug-likeness (QED) is 0.243. The third-order valence-corrected chi connectivity index (χ3v) is 0. The molecule has 0 unspecified atom stereocenters. The van der Waals surface area contributed by atoms with E-state index in [1.165, 1.54) is 0 Å². The van der Waals surface area contributed by atoms with Crippen molar-refractivity contribution in [1.82, 2.24) is 6.15 Å². The van der Waals surface area contributed by atoms with Gasteiger partial charge < -0.3 is 20.8 Å². The van der Waals surface area contributed by atoms with Crippen LogP contribution in [0.2, 0.25) is 0 Å². The Morgan fingerprint density at radius 1 is 0.889 bits per heavy atom. The third-order valence-electron chi connectivity index (χ3n) is 0. The van der Waals surface area contributed by atoms with Crippen LogP contribution in [-0.4, -0.2) is 103 Å². The molecule has 0 radical (unpaired) electrons. The summed E-state index contributed by atoms with van der Waals surface area (Å²) in [6, 6.07) is 0. The first-order valence-corrected chi connectivity index (χ1v) is 2.35.